The summed E-state index contributed by atoms with van der Waals surface area (Å²) >= 11 is 0. The molecule has 0 radical (unpaired) electrons. The van der Waals surface area contributed by atoms with Crippen LogP contribution in [0.5, 0.6) is 0 Å². The number of hydrogen-bond acceptors (Lipinski definition) is 6. The summed E-state index contributed by atoms with van der Waals surface area (Å²) in [5.41, 5.74) is 2.11. The molecule has 3 rings (SSSR count). The fourth-order valence-corrected chi connectivity index (χ4v) is 3.39. The maximum atomic E-state index is 12.6. The van der Waals surface area contributed by atoms with Crippen LogP contribution in [0.3, 0.4) is 0 Å². The summed E-state index contributed by atoms with van der Waals surface area (Å²) in [5, 5.41) is 20.7. The molecule has 0 bridgehead atoms. The second kappa shape index (κ2) is 11.1. The quantitative estimate of drug-likeness (QED) is 0.200. The molecule has 0 fully saturated rings. The number of benzene rings is 1. The molecule has 0 spiro atoms. The van der Waals surface area contributed by atoms with E-state index >= 15 is 0 Å². The van der Waals surface area contributed by atoms with E-state index in [1.165, 1.54) is 6.34 Å². The highest BCUT2D eigenvalue weighted by Gasteiger charge is 2.21. The maximum absolute atomic E-state index is 12.6. The van der Waals surface area contributed by atoms with Gasteiger partial charge in [-0.05, 0) is 42.5 Å². The molecular weight excluding hydrogens is 456 g/mol. The Balaban J connectivity index is 1.65. The van der Waals surface area contributed by atoms with Crippen LogP contribution in [0.4, 0.5) is 5.95 Å². The average Bonchev–Trinajstić information content (AvgIpc) is 3.22. The third kappa shape index (κ3) is 6.76. The summed E-state index contributed by atoms with van der Waals surface area (Å²) in [5.74, 6) is -2.83. The number of carbonyl (C=O) groups excluding carboxylic acids is 1. The van der Waals surface area contributed by atoms with Crippen molar-refractivity contribution in [3.05, 3.63) is 57.5 Å². The summed E-state index contributed by atoms with van der Waals surface area (Å²) in [4.78, 5) is 62.7. The molecule has 5 N–H and O–H groups in total. The molecule has 12 nitrogen and oxygen atoms in total. The standard InChI is InChI=1S/C23H26N6O6/c1-29(2)12-25-23-27-19-18(21(33)28-23)15(11-24-19)8-5-13-3-6-14(7-4-13)20(32)26-16(22(34)35)9-10-17(30)31/h3-4,6-7,11-12,16H,5,8-10H2,1-2H3,(H,26,32)(H,30,31)(H,34,35)(H2,24,27,28,33). The molecular formula is C23H26N6O6. The zero-order valence-electron chi connectivity index (χ0n) is 19.2. The fraction of sp³-hybridized carbons (Fsp3) is 0.304. The molecule has 1 atom stereocenters. The minimum Gasteiger partial charge on any atom is -0.481 e. The largest absolute Gasteiger partial charge is 0.481 e. The van der Waals surface area contributed by atoms with Crippen molar-refractivity contribution in [2.24, 2.45) is 4.99 Å². The average molecular weight is 482 g/mol. The first-order valence-corrected chi connectivity index (χ1v) is 10.8. The number of carboxylic acids is 2. The SMILES string of the molecule is CN(C)C=Nc1nc2[nH]cc(CCc3ccc(C(=O)NC(CCC(=O)O)C(=O)O)cc3)c2c(=O)[nH]1. The molecule has 0 aliphatic carbocycles. The monoisotopic (exact) mass is 482 g/mol. The number of hydrogen-bond donors (Lipinski definition) is 5. The second-order valence-corrected chi connectivity index (χ2v) is 8.13. The van der Waals surface area contributed by atoms with Crippen LogP contribution in [-0.4, -0.2) is 74.4 Å². The molecule has 1 amide bonds. The third-order valence-electron chi connectivity index (χ3n) is 5.17. The number of nitrogens with zero attached hydrogens (tertiary/aromatic N) is 3. The molecule has 0 saturated carbocycles. The second-order valence-electron chi connectivity index (χ2n) is 8.13. The highest BCUT2D eigenvalue weighted by Crippen LogP contribution is 2.17. The molecule has 35 heavy (non-hydrogen) atoms. The van der Waals surface area contributed by atoms with Crippen molar-refractivity contribution in [2.45, 2.75) is 31.7 Å². The van der Waals surface area contributed by atoms with Gasteiger partial charge in [0.15, 0.2) is 0 Å². The van der Waals surface area contributed by atoms with E-state index < -0.39 is 23.9 Å². The number of fused-ring (bicyclic) bond motifs is 1. The van der Waals surface area contributed by atoms with Crippen LogP contribution >= 0.6 is 0 Å². The molecule has 184 valence electrons. The highest BCUT2D eigenvalue weighted by molar-refractivity contribution is 5.96. The van der Waals surface area contributed by atoms with Gasteiger partial charge in [-0.1, -0.05) is 12.1 Å². The van der Waals surface area contributed by atoms with E-state index in [9.17, 15) is 24.3 Å². The fourth-order valence-electron chi connectivity index (χ4n) is 3.39. The van der Waals surface area contributed by atoms with Gasteiger partial charge in [-0.15, -0.1) is 0 Å². The third-order valence-corrected chi connectivity index (χ3v) is 5.17. The summed E-state index contributed by atoms with van der Waals surface area (Å²) in [6.45, 7) is 0. The van der Waals surface area contributed by atoms with Gasteiger partial charge in [0.1, 0.15) is 11.7 Å². The van der Waals surface area contributed by atoms with Crippen LogP contribution in [-0.2, 0) is 22.4 Å². The lowest BCUT2D eigenvalue weighted by Gasteiger charge is -2.13. The van der Waals surface area contributed by atoms with E-state index in [4.69, 9.17) is 5.11 Å². The van der Waals surface area contributed by atoms with Gasteiger partial charge in [0.2, 0.25) is 5.95 Å². The first kappa shape index (κ1) is 25.1. The van der Waals surface area contributed by atoms with Gasteiger partial charge in [0, 0.05) is 32.3 Å². The number of aliphatic carboxylic acids is 2. The van der Waals surface area contributed by atoms with Crippen molar-refractivity contribution >= 4 is 41.2 Å². The van der Waals surface area contributed by atoms with Crippen LogP contribution in [0.15, 0.2) is 40.2 Å². The summed E-state index contributed by atoms with van der Waals surface area (Å²) in [6, 6.07) is 5.33. The van der Waals surface area contributed by atoms with E-state index in [2.05, 4.69) is 25.3 Å². The van der Waals surface area contributed by atoms with E-state index in [0.29, 0.717) is 23.9 Å². The molecule has 0 aliphatic heterocycles. The first-order valence-electron chi connectivity index (χ1n) is 10.8. The van der Waals surface area contributed by atoms with Gasteiger partial charge >= 0.3 is 11.9 Å². The number of carboxylic acid groups (broad SMARTS) is 2. The van der Waals surface area contributed by atoms with E-state index in [-0.39, 0.29) is 29.9 Å². The predicted octanol–water partition coefficient (Wildman–Crippen LogP) is 1.31. The van der Waals surface area contributed by atoms with Crippen molar-refractivity contribution in [1.82, 2.24) is 25.2 Å². The van der Waals surface area contributed by atoms with Crippen LogP contribution in [0.1, 0.15) is 34.3 Å². The number of aryl methyl sites for hydroxylation is 2. The van der Waals surface area contributed by atoms with Crippen molar-refractivity contribution < 1.29 is 24.6 Å². The topological polar surface area (TPSA) is 181 Å². The van der Waals surface area contributed by atoms with E-state index in [1.54, 1.807) is 49.5 Å². The maximum Gasteiger partial charge on any atom is 0.326 e. The number of aromatic amines is 2. The molecule has 0 aliphatic rings. The lowest BCUT2D eigenvalue weighted by atomic mass is 10.0. The number of nitrogens with one attached hydrogen (secondary N) is 3. The predicted molar refractivity (Wildman–Crippen MR) is 128 cm³/mol. The Morgan fingerprint density at radius 2 is 1.89 bits per heavy atom. The van der Waals surface area contributed by atoms with Gasteiger partial charge in [-0.3, -0.25) is 19.4 Å². The lowest BCUT2D eigenvalue weighted by Crippen LogP contribution is -2.41. The van der Waals surface area contributed by atoms with Crippen molar-refractivity contribution in [3.63, 3.8) is 0 Å². The zero-order chi connectivity index (χ0) is 25.5. The van der Waals surface area contributed by atoms with Gasteiger partial charge in [-0.25, -0.2) is 9.79 Å². The minimum atomic E-state index is -1.30. The van der Waals surface area contributed by atoms with Crippen LogP contribution in [0, 0.1) is 0 Å². The van der Waals surface area contributed by atoms with Crippen molar-refractivity contribution in [3.8, 4) is 0 Å². The Hall–Kier alpha value is -4.48. The molecule has 2 aromatic heterocycles. The lowest BCUT2D eigenvalue weighted by molar-refractivity contribution is -0.140. The number of aliphatic imine (C=N–C) groups is 1. The summed E-state index contributed by atoms with van der Waals surface area (Å²) < 4.78 is 0. The zero-order valence-corrected chi connectivity index (χ0v) is 19.2. The van der Waals surface area contributed by atoms with Crippen LogP contribution in [0.25, 0.3) is 11.0 Å². The van der Waals surface area contributed by atoms with Gasteiger partial charge in [-0.2, -0.15) is 4.98 Å². The molecule has 12 heteroatoms. The molecule has 3 aromatic rings. The minimum absolute atomic E-state index is 0.201. The first-order chi connectivity index (χ1) is 16.6. The molecule has 0 saturated heterocycles. The Morgan fingerprint density at radius 1 is 1.17 bits per heavy atom. The smallest absolute Gasteiger partial charge is 0.326 e. The van der Waals surface area contributed by atoms with Crippen molar-refractivity contribution in [1.29, 1.82) is 0 Å². The molecule has 2 heterocycles. The Labute approximate surface area is 199 Å². The number of carbonyl (C=O) groups is 3. The van der Waals surface area contributed by atoms with Gasteiger partial charge < -0.3 is 25.4 Å². The highest BCUT2D eigenvalue weighted by atomic mass is 16.4. The van der Waals surface area contributed by atoms with Crippen LogP contribution in [0.2, 0.25) is 0 Å². The Bertz CT molecular complexity index is 1310. The Kier molecular flexibility index (Phi) is 7.97. The van der Waals surface area contributed by atoms with Crippen LogP contribution < -0.4 is 10.9 Å². The van der Waals surface area contributed by atoms with Gasteiger partial charge in [0.05, 0.1) is 11.7 Å². The molecule has 1 aromatic carbocycles. The number of amides is 1. The van der Waals surface area contributed by atoms with Crippen molar-refractivity contribution in [2.75, 3.05) is 14.1 Å². The summed E-state index contributed by atoms with van der Waals surface area (Å²) in [6.07, 6.45) is 3.83. The number of aromatic nitrogens is 3. The van der Waals surface area contributed by atoms with E-state index in [1.807, 2.05) is 0 Å². The normalized spacial score (nSPS) is 12.1. The molecule has 1 unspecified atom stereocenters. The number of H-pyrrole nitrogens is 2. The van der Waals surface area contributed by atoms with Gasteiger partial charge in [0.25, 0.3) is 11.5 Å². The Morgan fingerprint density at radius 3 is 2.51 bits per heavy atom. The van der Waals surface area contributed by atoms with E-state index in [0.717, 1.165) is 11.1 Å². The number of rotatable bonds is 11. The summed E-state index contributed by atoms with van der Waals surface area (Å²) in [7, 11) is 3.61.